The van der Waals surface area contributed by atoms with E-state index in [2.05, 4.69) is 27.7 Å². The molecule has 0 aromatic heterocycles. The lowest BCUT2D eigenvalue weighted by Crippen LogP contribution is -2.39. The Bertz CT molecular complexity index is 799. The van der Waals surface area contributed by atoms with E-state index in [-0.39, 0.29) is 6.10 Å². The number of benzene rings is 2. The summed E-state index contributed by atoms with van der Waals surface area (Å²) in [5.41, 5.74) is 1.74. The second-order valence-corrected chi connectivity index (χ2v) is 7.43. The van der Waals surface area contributed by atoms with Crippen LogP contribution >= 0.6 is 11.6 Å². The van der Waals surface area contributed by atoms with Gasteiger partial charge in [0.25, 0.3) is 0 Å². The summed E-state index contributed by atoms with van der Waals surface area (Å²) in [6.07, 6.45) is 1.87. The van der Waals surface area contributed by atoms with E-state index in [0.717, 1.165) is 39.1 Å². The van der Waals surface area contributed by atoms with Crippen molar-refractivity contribution in [2.45, 2.75) is 18.9 Å². The summed E-state index contributed by atoms with van der Waals surface area (Å²) in [5.74, 6) is -1.30. The largest absolute Gasteiger partial charge is 0.371 e. The van der Waals surface area contributed by atoms with Crippen molar-refractivity contribution in [3.8, 4) is 0 Å². The average Bonchev–Trinajstić information content (AvgIpc) is 2.76. The molecule has 1 aliphatic heterocycles. The van der Waals surface area contributed by atoms with Crippen LogP contribution in [-0.2, 0) is 14.3 Å². The van der Waals surface area contributed by atoms with Crippen LogP contribution in [0.15, 0.2) is 54.6 Å². The molecule has 0 spiro atoms. The zero-order valence-electron chi connectivity index (χ0n) is 16.3. The van der Waals surface area contributed by atoms with Gasteiger partial charge in [0.2, 0.25) is 0 Å². The number of hydrogen-bond acceptors (Lipinski definition) is 4. The number of ether oxygens (including phenoxy) is 1. The average molecular weight is 416 g/mol. The molecule has 1 heterocycles. The third-order valence-corrected chi connectivity index (χ3v) is 5.07. The van der Waals surface area contributed by atoms with Crippen LogP contribution in [0.5, 0.6) is 0 Å². The van der Waals surface area contributed by atoms with Crippen molar-refractivity contribution < 1.29 is 14.3 Å². The number of rotatable bonds is 7. The molecule has 2 amide bonds. The van der Waals surface area contributed by atoms with Gasteiger partial charge < -0.3 is 15.4 Å². The van der Waals surface area contributed by atoms with E-state index in [9.17, 15) is 9.59 Å². The fourth-order valence-electron chi connectivity index (χ4n) is 3.24. The predicted octanol–water partition coefficient (Wildman–Crippen LogP) is 3.25. The van der Waals surface area contributed by atoms with Crippen LogP contribution in [0.2, 0.25) is 5.02 Å². The molecule has 29 heavy (non-hydrogen) atoms. The Labute approximate surface area is 176 Å². The summed E-state index contributed by atoms with van der Waals surface area (Å²) >= 11 is 5.80. The van der Waals surface area contributed by atoms with E-state index < -0.39 is 11.8 Å². The Morgan fingerprint density at radius 1 is 1.03 bits per heavy atom. The van der Waals surface area contributed by atoms with Gasteiger partial charge in [-0.25, -0.2) is 0 Å². The molecule has 0 bridgehead atoms. The summed E-state index contributed by atoms with van der Waals surface area (Å²) in [6.45, 7) is 3.93. The van der Waals surface area contributed by atoms with E-state index >= 15 is 0 Å². The standard InChI is InChI=1S/C22H26ClN3O3/c23-18-8-10-19(11-9-18)25-22(28)21(27)24-12-4-5-13-26-14-15-29-20(16-26)17-6-2-1-3-7-17/h1-3,6-11,20H,4-5,12-16H2,(H,24,27)(H,25,28). The first-order valence-corrected chi connectivity index (χ1v) is 10.2. The summed E-state index contributed by atoms with van der Waals surface area (Å²) < 4.78 is 5.88. The smallest absolute Gasteiger partial charge is 0.313 e. The third kappa shape index (κ3) is 6.85. The molecule has 7 heteroatoms. The number of carbonyl (C=O) groups is 2. The van der Waals surface area contributed by atoms with Crippen molar-refractivity contribution >= 4 is 29.1 Å². The lowest BCUT2D eigenvalue weighted by molar-refractivity contribution is -0.136. The minimum absolute atomic E-state index is 0.112. The number of morpholine rings is 1. The van der Waals surface area contributed by atoms with Crippen LogP contribution in [0.1, 0.15) is 24.5 Å². The summed E-state index contributed by atoms with van der Waals surface area (Å²) in [5, 5.41) is 5.79. The van der Waals surface area contributed by atoms with Crippen molar-refractivity contribution in [2.24, 2.45) is 0 Å². The number of nitrogens with one attached hydrogen (secondary N) is 2. The number of anilines is 1. The molecular weight excluding hydrogens is 390 g/mol. The van der Waals surface area contributed by atoms with Gasteiger partial charge in [0, 0.05) is 30.3 Å². The first-order valence-electron chi connectivity index (χ1n) is 9.85. The minimum atomic E-state index is -0.675. The maximum atomic E-state index is 11.9. The van der Waals surface area contributed by atoms with Gasteiger partial charge in [0.1, 0.15) is 0 Å². The van der Waals surface area contributed by atoms with Gasteiger partial charge in [-0.05, 0) is 49.2 Å². The molecule has 154 valence electrons. The van der Waals surface area contributed by atoms with Crippen molar-refractivity contribution in [3.05, 3.63) is 65.2 Å². The molecule has 6 nitrogen and oxygen atoms in total. The van der Waals surface area contributed by atoms with E-state index in [4.69, 9.17) is 16.3 Å². The topological polar surface area (TPSA) is 70.7 Å². The number of halogens is 1. The predicted molar refractivity (Wildman–Crippen MR) is 114 cm³/mol. The second kappa shape index (κ2) is 11.0. The zero-order chi connectivity index (χ0) is 20.5. The van der Waals surface area contributed by atoms with Crippen LogP contribution in [0, 0.1) is 0 Å². The lowest BCUT2D eigenvalue weighted by atomic mass is 10.1. The molecule has 2 aromatic carbocycles. The maximum absolute atomic E-state index is 11.9. The number of carbonyl (C=O) groups excluding carboxylic acids is 2. The molecular formula is C22H26ClN3O3. The number of unbranched alkanes of at least 4 members (excludes halogenated alkanes) is 1. The minimum Gasteiger partial charge on any atom is -0.371 e. The first kappa shape index (κ1) is 21.3. The highest BCUT2D eigenvalue weighted by Gasteiger charge is 2.21. The van der Waals surface area contributed by atoms with Crippen LogP contribution in [0.3, 0.4) is 0 Å². The maximum Gasteiger partial charge on any atom is 0.313 e. The second-order valence-electron chi connectivity index (χ2n) is 6.99. The fourth-order valence-corrected chi connectivity index (χ4v) is 3.36. The highest BCUT2D eigenvalue weighted by molar-refractivity contribution is 6.39. The van der Waals surface area contributed by atoms with Gasteiger partial charge in [-0.15, -0.1) is 0 Å². The van der Waals surface area contributed by atoms with Gasteiger partial charge in [-0.1, -0.05) is 41.9 Å². The summed E-state index contributed by atoms with van der Waals surface area (Å²) in [7, 11) is 0. The molecule has 2 aromatic rings. The zero-order valence-corrected chi connectivity index (χ0v) is 17.0. The quantitative estimate of drug-likeness (QED) is 0.538. The van der Waals surface area contributed by atoms with E-state index in [1.807, 2.05) is 18.2 Å². The first-order chi connectivity index (χ1) is 14.1. The Hall–Kier alpha value is -2.41. The third-order valence-electron chi connectivity index (χ3n) is 4.82. The van der Waals surface area contributed by atoms with Crippen molar-refractivity contribution in [1.29, 1.82) is 0 Å². The molecule has 2 N–H and O–H groups in total. The van der Waals surface area contributed by atoms with E-state index in [1.165, 1.54) is 5.56 Å². The molecule has 1 fully saturated rings. The number of hydrogen-bond donors (Lipinski definition) is 2. The van der Waals surface area contributed by atoms with Crippen LogP contribution in [-0.4, -0.2) is 49.5 Å². The molecule has 0 aliphatic carbocycles. The SMILES string of the molecule is O=C(NCCCCN1CCOC(c2ccccc2)C1)C(=O)Nc1ccc(Cl)cc1. The van der Waals surface area contributed by atoms with Crippen LogP contribution in [0.25, 0.3) is 0 Å². The van der Waals surface area contributed by atoms with Crippen molar-refractivity contribution in [2.75, 3.05) is 38.1 Å². The summed E-state index contributed by atoms with van der Waals surface area (Å²) in [4.78, 5) is 26.2. The molecule has 1 aliphatic rings. The monoisotopic (exact) mass is 415 g/mol. The molecule has 1 atom stereocenters. The number of nitrogens with zero attached hydrogens (tertiary/aromatic N) is 1. The van der Waals surface area contributed by atoms with Crippen LogP contribution < -0.4 is 10.6 Å². The fraction of sp³-hybridized carbons (Fsp3) is 0.364. The van der Waals surface area contributed by atoms with Crippen molar-refractivity contribution in [3.63, 3.8) is 0 Å². The van der Waals surface area contributed by atoms with Crippen LogP contribution in [0.4, 0.5) is 5.69 Å². The van der Waals surface area contributed by atoms with E-state index in [0.29, 0.717) is 17.3 Å². The van der Waals surface area contributed by atoms with Crippen molar-refractivity contribution in [1.82, 2.24) is 10.2 Å². The highest BCUT2D eigenvalue weighted by atomic mass is 35.5. The van der Waals surface area contributed by atoms with Gasteiger partial charge in [-0.2, -0.15) is 0 Å². The molecule has 1 saturated heterocycles. The molecule has 1 unspecified atom stereocenters. The summed E-state index contributed by atoms with van der Waals surface area (Å²) in [6, 6.07) is 16.9. The Morgan fingerprint density at radius 2 is 1.79 bits per heavy atom. The number of amides is 2. The highest BCUT2D eigenvalue weighted by Crippen LogP contribution is 2.22. The van der Waals surface area contributed by atoms with Gasteiger partial charge >= 0.3 is 11.8 Å². The molecule has 3 rings (SSSR count). The normalized spacial score (nSPS) is 16.9. The molecule has 0 saturated carbocycles. The molecule has 0 radical (unpaired) electrons. The van der Waals surface area contributed by atoms with Gasteiger partial charge in [-0.3, -0.25) is 14.5 Å². The lowest BCUT2D eigenvalue weighted by Gasteiger charge is -2.33. The Balaban J connectivity index is 1.31. The van der Waals surface area contributed by atoms with Gasteiger partial charge in [0.15, 0.2) is 0 Å². The Morgan fingerprint density at radius 3 is 2.55 bits per heavy atom. The Kier molecular flexibility index (Phi) is 8.04. The van der Waals surface area contributed by atoms with Gasteiger partial charge in [0.05, 0.1) is 12.7 Å². The van der Waals surface area contributed by atoms with E-state index in [1.54, 1.807) is 24.3 Å².